The number of hydrogen-bond donors (Lipinski definition) is 3. The summed E-state index contributed by atoms with van der Waals surface area (Å²) in [7, 11) is 0. The Morgan fingerprint density at radius 3 is 2.66 bits per heavy atom. The standard InChI is InChI=1S/C22H29ClFN5O2S/c1-21(2,3)31-20(30)28-12-22(24)9-7-13(8-10-22)15-11-27-19(18(26)29-15)32-16-6-4-5-14(25)17(16)23/h4-6,11,13H,7-10,12,25H2,1-3H3,(H2,26,29)(H,28,30). The van der Waals surface area contributed by atoms with E-state index in [4.69, 9.17) is 27.8 Å². The van der Waals surface area contributed by atoms with E-state index in [1.54, 1.807) is 33.0 Å². The molecule has 0 atom stereocenters. The fraction of sp³-hybridized carbons (Fsp3) is 0.500. The van der Waals surface area contributed by atoms with E-state index in [9.17, 15) is 4.79 Å². The van der Waals surface area contributed by atoms with Gasteiger partial charge in [0.25, 0.3) is 0 Å². The van der Waals surface area contributed by atoms with Crippen LogP contribution in [0.3, 0.4) is 0 Å². The van der Waals surface area contributed by atoms with E-state index in [0.29, 0.717) is 47.2 Å². The lowest BCUT2D eigenvalue weighted by Gasteiger charge is -2.34. The molecule has 174 valence electrons. The number of rotatable bonds is 5. The van der Waals surface area contributed by atoms with Gasteiger partial charge >= 0.3 is 6.09 Å². The molecule has 0 spiro atoms. The Hall–Kier alpha value is -2.26. The number of nitrogens with zero attached hydrogens (tertiary/aromatic N) is 2. The topological polar surface area (TPSA) is 116 Å². The summed E-state index contributed by atoms with van der Waals surface area (Å²) < 4.78 is 20.3. The molecular weight excluding hydrogens is 453 g/mol. The third-order valence-corrected chi connectivity index (χ3v) is 6.83. The number of benzene rings is 1. The number of carbonyl (C=O) groups excluding carboxylic acids is 1. The van der Waals surface area contributed by atoms with Gasteiger partial charge in [-0.1, -0.05) is 29.4 Å². The zero-order valence-corrected chi connectivity index (χ0v) is 20.0. The number of alkyl carbamates (subject to hydrolysis) is 1. The first-order chi connectivity index (χ1) is 15.0. The maximum absolute atomic E-state index is 15.2. The van der Waals surface area contributed by atoms with Crippen LogP contribution in [0.5, 0.6) is 0 Å². The Morgan fingerprint density at radius 2 is 2.03 bits per heavy atom. The van der Waals surface area contributed by atoms with E-state index in [2.05, 4.69) is 15.3 Å². The molecule has 1 amide bonds. The number of nitrogen functional groups attached to an aromatic ring is 2. The second kappa shape index (κ2) is 9.70. The summed E-state index contributed by atoms with van der Waals surface area (Å²) in [5.41, 5.74) is 11.1. The molecule has 10 heteroatoms. The zero-order valence-electron chi connectivity index (χ0n) is 18.5. The van der Waals surface area contributed by atoms with Crippen LogP contribution in [0.15, 0.2) is 34.3 Å². The fourth-order valence-electron chi connectivity index (χ4n) is 3.55. The second-order valence-corrected chi connectivity index (χ2v) is 10.4. The van der Waals surface area contributed by atoms with Crippen LogP contribution in [-0.4, -0.2) is 33.9 Å². The summed E-state index contributed by atoms with van der Waals surface area (Å²) in [4.78, 5) is 21.5. The molecule has 7 nitrogen and oxygen atoms in total. The van der Waals surface area contributed by atoms with Crippen molar-refractivity contribution in [1.29, 1.82) is 0 Å². The first-order valence-electron chi connectivity index (χ1n) is 10.5. The molecule has 0 unspecified atom stereocenters. The summed E-state index contributed by atoms with van der Waals surface area (Å²) in [6, 6.07) is 5.37. The number of aromatic nitrogens is 2. The van der Waals surface area contributed by atoms with Crippen LogP contribution in [0.1, 0.15) is 58.1 Å². The molecule has 1 aromatic carbocycles. The minimum absolute atomic E-state index is 0.0604. The summed E-state index contributed by atoms with van der Waals surface area (Å²) in [6.07, 6.45) is 2.88. The average molecular weight is 482 g/mol. The Bertz CT molecular complexity index is 977. The molecule has 0 saturated heterocycles. The number of alkyl halides is 1. The number of amides is 1. The number of halogens is 2. The van der Waals surface area contributed by atoms with Gasteiger partial charge in [-0.15, -0.1) is 0 Å². The van der Waals surface area contributed by atoms with E-state index in [1.807, 2.05) is 12.1 Å². The van der Waals surface area contributed by atoms with E-state index in [-0.39, 0.29) is 12.5 Å². The zero-order chi connectivity index (χ0) is 23.5. The number of hydrogen-bond acceptors (Lipinski definition) is 7. The molecular formula is C22H29ClFN5O2S. The highest BCUT2D eigenvalue weighted by Gasteiger charge is 2.37. The predicted octanol–water partition coefficient (Wildman–Crippen LogP) is 5.34. The van der Waals surface area contributed by atoms with Gasteiger partial charge in [-0.05, 0) is 58.6 Å². The molecule has 0 radical (unpaired) electrons. The van der Waals surface area contributed by atoms with Gasteiger partial charge in [-0.2, -0.15) is 0 Å². The third kappa shape index (κ3) is 6.38. The first-order valence-corrected chi connectivity index (χ1v) is 11.7. The SMILES string of the molecule is CC(C)(C)OC(=O)NCC1(F)CCC(c2cnc(Sc3cccc(N)c3Cl)c(N)n2)CC1. The molecule has 2 aromatic rings. The van der Waals surface area contributed by atoms with E-state index < -0.39 is 17.4 Å². The Labute approximate surface area is 196 Å². The largest absolute Gasteiger partial charge is 0.444 e. The predicted molar refractivity (Wildman–Crippen MR) is 126 cm³/mol. The second-order valence-electron chi connectivity index (χ2n) is 9.03. The minimum Gasteiger partial charge on any atom is -0.444 e. The number of carbonyl (C=O) groups is 1. The van der Waals surface area contributed by atoms with Gasteiger partial charge < -0.3 is 21.5 Å². The van der Waals surface area contributed by atoms with Crippen LogP contribution in [0.4, 0.5) is 20.7 Å². The lowest BCUT2D eigenvalue weighted by molar-refractivity contribution is 0.0426. The van der Waals surface area contributed by atoms with Gasteiger partial charge in [-0.3, -0.25) is 0 Å². The van der Waals surface area contributed by atoms with Gasteiger partial charge in [0, 0.05) is 10.8 Å². The summed E-state index contributed by atoms with van der Waals surface area (Å²) >= 11 is 7.55. The van der Waals surface area contributed by atoms with E-state index in [1.165, 1.54) is 11.8 Å². The normalized spacial score (nSPS) is 21.2. The summed E-state index contributed by atoms with van der Waals surface area (Å²) in [6.45, 7) is 5.23. The van der Waals surface area contributed by atoms with Gasteiger partial charge in [0.15, 0.2) is 5.82 Å². The average Bonchev–Trinajstić information content (AvgIpc) is 2.71. The number of nitrogens with two attached hydrogens (primary N) is 2. The van der Waals surface area contributed by atoms with Crippen molar-refractivity contribution in [3.63, 3.8) is 0 Å². The molecule has 3 rings (SSSR count). The van der Waals surface area contributed by atoms with Crippen LogP contribution in [0.2, 0.25) is 5.02 Å². The Balaban J connectivity index is 1.58. The maximum Gasteiger partial charge on any atom is 0.407 e. The van der Waals surface area contributed by atoms with Gasteiger partial charge in [0.1, 0.15) is 16.3 Å². The van der Waals surface area contributed by atoms with Crippen molar-refractivity contribution in [2.75, 3.05) is 18.0 Å². The molecule has 0 aliphatic heterocycles. The number of anilines is 2. The molecule has 32 heavy (non-hydrogen) atoms. The summed E-state index contributed by atoms with van der Waals surface area (Å²) in [5, 5.41) is 3.54. The van der Waals surface area contributed by atoms with E-state index >= 15 is 4.39 Å². The first kappa shape index (κ1) is 24.4. The number of ether oxygens (including phenoxy) is 1. The van der Waals surface area contributed by atoms with Crippen molar-refractivity contribution in [2.45, 2.75) is 73.6 Å². The quantitative estimate of drug-likeness (QED) is 0.493. The summed E-state index contributed by atoms with van der Waals surface area (Å²) in [5.74, 6) is 0.361. The third-order valence-electron chi connectivity index (χ3n) is 5.23. The minimum atomic E-state index is -1.47. The molecule has 1 heterocycles. The van der Waals surface area contributed by atoms with Gasteiger partial charge in [-0.25, -0.2) is 19.2 Å². The highest BCUT2D eigenvalue weighted by molar-refractivity contribution is 7.99. The van der Waals surface area contributed by atoms with Crippen molar-refractivity contribution in [3.8, 4) is 0 Å². The van der Waals surface area contributed by atoms with Crippen molar-refractivity contribution in [3.05, 3.63) is 35.1 Å². The maximum atomic E-state index is 15.2. The van der Waals surface area contributed by atoms with Crippen LogP contribution >= 0.6 is 23.4 Å². The molecule has 1 aliphatic rings. The molecule has 1 fully saturated rings. The molecule has 1 saturated carbocycles. The van der Waals surface area contributed by atoms with Gasteiger partial charge in [0.05, 0.1) is 29.1 Å². The molecule has 5 N–H and O–H groups in total. The monoisotopic (exact) mass is 481 g/mol. The highest BCUT2D eigenvalue weighted by Crippen LogP contribution is 2.41. The van der Waals surface area contributed by atoms with Crippen LogP contribution in [-0.2, 0) is 4.74 Å². The van der Waals surface area contributed by atoms with Crippen LogP contribution in [0.25, 0.3) is 0 Å². The Morgan fingerprint density at radius 1 is 1.34 bits per heavy atom. The van der Waals surface area contributed by atoms with Crippen LogP contribution in [0, 0.1) is 0 Å². The molecule has 0 bridgehead atoms. The smallest absolute Gasteiger partial charge is 0.407 e. The molecule has 1 aliphatic carbocycles. The lowest BCUT2D eigenvalue weighted by Crippen LogP contribution is -2.43. The molecule has 1 aromatic heterocycles. The van der Waals surface area contributed by atoms with Crippen molar-refractivity contribution in [2.24, 2.45) is 0 Å². The van der Waals surface area contributed by atoms with Crippen LogP contribution < -0.4 is 16.8 Å². The highest BCUT2D eigenvalue weighted by atomic mass is 35.5. The fourth-order valence-corrected chi connectivity index (χ4v) is 4.60. The Kier molecular flexibility index (Phi) is 7.39. The van der Waals surface area contributed by atoms with E-state index in [0.717, 1.165) is 10.6 Å². The van der Waals surface area contributed by atoms with Crippen molar-refractivity contribution >= 4 is 41.0 Å². The number of nitrogens with one attached hydrogen (secondary N) is 1. The van der Waals surface area contributed by atoms with Crippen molar-refractivity contribution < 1.29 is 13.9 Å². The van der Waals surface area contributed by atoms with Crippen molar-refractivity contribution in [1.82, 2.24) is 15.3 Å². The van der Waals surface area contributed by atoms with Gasteiger partial charge in [0.2, 0.25) is 0 Å². The lowest BCUT2D eigenvalue weighted by atomic mass is 9.78.